The van der Waals surface area contributed by atoms with Crippen LogP contribution in [0.1, 0.15) is 27.0 Å². The molecule has 0 radical (unpaired) electrons. The van der Waals surface area contributed by atoms with E-state index in [1.54, 1.807) is 35.1 Å². The number of nitrogens with two attached hydrogens (primary N) is 1. The Kier molecular flexibility index (Phi) is 8.19. The van der Waals surface area contributed by atoms with Crippen molar-refractivity contribution in [2.45, 2.75) is 12.7 Å². The minimum absolute atomic E-state index is 0.0202. The van der Waals surface area contributed by atoms with Gasteiger partial charge in [-0.3, -0.25) is 4.79 Å². The van der Waals surface area contributed by atoms with Crippen molar-refractivity contribution in [3.05, 3.63) is 87.3 Å². The van der Waals surface area contributed by atoms with Crippen LogP contribution in [0.5, 0.6) is 0 Å². The van der Waals surface area contributed by atoms with E-state index in [2.05, 4.69) is 10.6 Å². The number of allylic oxidation sites excluding steroid dienone is 1. The van der Waals surface area contributed by atoms with Gasteiger partial charge >= 0.3 is 6.18 Å². The lowest BCUT2D eigenvalue weighted by atomic mass is 10.0. The standard InChI is InChI=1S/C26H29ClF3N5O2/c1-32-22(17-2-4-18(5-3-17)25(36)34-10-12-37-13-11-34)15-23-24(31)33-8-9-35(23)16-19-14-20(27)6-7-21(19)26(28,29)30/h2-7,14-15,32-33H,8-13,16,31H2,1H3. The largest absolute Gasteiger partial charge is 0.416 e. The summed E-state index contributed by atoms with van der Waals surface area (Å²) in [7, 11) is 1.74. The van der Waals surface area contributed by atoms with Crippen molar-refractivity contribution >= 4 is 23.2 Å². The molecule has 11 heteroatoms. The number of halogens is 4. The van der Waals surface area contributed by atoms with Gasteiger partial charge in [0.15, 0.2) is 0 Å². The predicted molar refractivity (Wildman–Crippen MR) is 136 cm³/mol. The topological polar surface area (TPSA) is 82.9 Å². The minimum atomic E-state index is -4.50. The van der Waals surface area contributed by atoms with Crippen molar-refractivity contribution in [1.29, 1.82) is 0 Å². The molecule has 4 N–H and O–H groups in total. The maximum atomic E-state index is 13.6. The second kappa shape index (κ2) is 11.4. The van der Waals surface area contributed by atoms with Crippen LogP contribution in [0.25, 0.3) is 5.70 Å². The van der Waals surface area contributed by atoms with Crippen molar-refractivity contribution in [1.82, 2.24) is 20.4 Å². The summed E-state index contributed by atoms with van der Waals surface area (Å²) in [5, 5.41) is 6.44. The molecule has 0 spiro atoms. The van der Waals surface area contributed by atoms with E-state index in [4.69, 9.17) is 22.1 Å². The fourth-order valence-electron chi connectivity index (χ4n) is 4.39. The molecule has 2 aliphatic rings. The average Bonchev–Trinajstić information content (AvgIpc) is 2.88. The molecular weight excluding hydrogens is 507 g/mol. The van der Waals surface area contributed by atoms with Gasteiger partial charge in [0.25, 0.3) is 5.91 Å². The molecule has 1 fully saturated rings. The molecule has 198 valence electrons. The molecule has 4 rings (SSSR count). The van der Waals surface area contributed by atoms with Gasteiger partial charge in [0.1, 0.15) is 5.82 Å². The Morgan fingerprint density at radius 1 is 1.14 bits per heavy atom. The maximum absolute atomic E-state index is 13.6. The van der Waals surface area contributed by atoms with Gasteiger partial charge in [-0.15, -0.1) is 0 Å². The Morgan fingerprint density at radius 2 is 1.81 bits per heavy atom. The fraction of sp³-hybridized carbons (Fsp3) is 0.346. The Balaban J connectivity index is 1.60. The lowest BCUT2D eigenvalue weighted by Gasteiger charge is -2.33. The number of rotatable bonds is 6. The number of carbonyl (C=O) groups is 1. The quantitative estimate of drug-likeness (QED) is 0.524. The summed E-state index contributed by atoms with van der Waals surface area (Å²) < 4.78 is 46.2. The molecule has 0 bridgehead atoms. The van der Waals surface area contributed by atoms with Crippen molar-refractivity contribution in [3.63, 3.8) is 0 Å². The summed E-state index contributed by atoms with van der Waals surface area (Å²) in [6.45, 7) is 3.07. The van der Waals surface area contributed by atoms with Crippen molar-refractivity contribution in [3.8, 4) is 0 Å². The average molecular weight is 536 g/mol. The smallest absolute Gasteiger partial charge is 0.388 e. The molecule has 2 aromatic carbocycles. The van der Waals surface area contributed by atoms with E-state index >= 15 is 0 Å². The zero-order chi connectivity index (χ0) is 26.6. The number of hydrogen-bond donors (Lipinski definition) is 3. The molecule has 0 aromatic heterocycles. The summed E-state index contributed by atoms with van der Waals surface area (Å²) in [5.41, 5.74) is 8.20. The number of nitrogens with one attached hydrogen (secondary N) is 2. The second-order valence-electron chi connectivity index (χ2n) is 8.74. The van der Waals surface area contributed by atoms with Gasteiger partial charge in [0, 0.05) is 56.1 Å². The number of ether oxygens (including phenoxy) is 1. The van der Waals surface area contributed by atoms with Gasteiger partial charge in [0.05, 0.1) is 24.5 Å². The van der Waals surface area contributed by atoms with Crippen LogP contribution in [0, 0.1) is 0 Å². The lowest BCUT2D eigenvalue weighted by Crippen LogP contribution is -2.41. The summed E-state index contributed by atoms with van der Waals surface area (Å²) in [6, 6.07) is 10.7. The first-order valence-corrected chi connectivity index (χ1v) is 12.3. The third-order valence-corrected chi connectivity index (χ3v) is 6.57. The summed E-state index contributed by atoms with van der Waals surface area (Å²) in [4.78, 5) is 16.3. The van der Waals surface area contributed by atoms with Crippen LogP contribution in [0.2, 0.25) is 5.02 Å². The number of hydrogen-bond acceptors (Lipinski definition) is 6. The molecule has 2 aliphatic heterocycles. The Labute approximate surface area is 218 Å². The second-order valence-corrected chi connectivity index (χ2v) is 9.17. The first-order chi connectivity index (χ1) is 17.7. The highest BCUT2D eigenvalue weighted by Crippen LogP contribution is 2.34. The molecule has 0 atom stereocenters. The highest BCUT2D eigenvalue weighted by atomic mass is 35.5. The third-order valence-electron chi connectivity index (χ3n) is 6.34. The molecule has 0 aliphatic carbocycles. The fourth-order valence-corrected chi connectivity index (χ4v) is 4.59. The first kappa shape index (κ1) is 26.7. The number of nitrogens with zero attached hydrogens (tertiary/aromatic N) is 2. The number of benzene rings is 2. The van der Waals surface area contributed by atoms with Crippen LogP contribution in [0.3, 0.4) is 0 Å². The van der Waals surface area contributed by atoms with Gasteiger partial charge in [-0.05, 0) is 47.5 Å². The predicted octanol–water partition coefficient (Wildman–Crippen LogP) is 3.62. The summed E-state index contributed by atoms with van der Waals surface area (Å²) in [5.74, 6) is 0.301. The Morgan fingerprint density at radius 3 is 2.46 bits per heavy atom. The Bertz CT molecular complexity index is 1190. The number of carbonyl (C=O) groups excluding carboxylic acids is 1. The summed E-state index contributed by atoms with van der Waals surface area (Å²) >= 11 is 6.03. The minimum Gasteiger partial charge on any atom is -0.388 e. The SMILES string of the molecule is CNC(=CC1=C(N)NCCN1Cc1cc(Cl)ccc1C(F)(F)F)c1ccc(C(=O)N2CCOCC2)cc1. The summed E-state index contributed by atoms with van der Waals surface area (Å²) in [6.07, 6.45) is -2.71. The number of morpholine rings is 1. The van der Waals surface area contributed by atoms with Gasteiger partial charge in [0.2, 0.25) is 0 Å². The Hall–Kier alpha value is -3.37. The van der Waals surface area contributed by atoms with Gasteiger partial charge in [-0.2, -0.15) is 13.2 Å². The van der Waals surface area contributed by atoms with Crippen LogP contribution in [-0.4, -0.2) is 62.1 Å². The molecule has 37 heavy (non-hydrogen) atoms. The zero-order valence-corrected chi connectivity index (χ0v) is 21.1. The van der Waals surface area contributed by atoms with E-state index in [0.29, 0.717) is 62.2 Å². The van der Waals surface area contributed by atoms with Crippen LogP contribution >= 0.6 is 11.6 Å². The molecule has 0 unspecified atom stereocenters. The van der Waals surface area contributed by atoms with E-state index in [1.165, 1.54) is 12.1 Å². The highest BCUT2D eigenvalue weighted by molar-refractivity contribution is 6.30. The van der Waals surface area contributed by atoms with E-state index in [0.717, 1.165) is 11.6 Å². The first-order valence-electron chi connectivity index (χ1n) is 11.9. The molecule has 1 amide bonds. The molecule has 0 saturated carbocycles. The van der Waals surface area contributed by atoms with Crippen LogP contribution in [-0.2, 0) is 17.5 Å². The molecule has 2 heterocycles. The van der Waals surface area contributed by atoms with E-state index < -0.39 is 11.7 Å². The normalized spacial score (nSPS) is 17.1. The molecule has 7 nitrogen and oxygen atoms in total. The van der Waals surface area contributed by atoms with Crippen molar-refractivity contribution in [2.75, 3.05) is 46.4 Å². The van der Waals surface area contributed by atoms with Gasteiger partial charge in [-0.25, -0.2) is 0 Å². The van der Waals surface area contributed by atoms with Crippen molar-refractivity contribution < 1.29 is 22.7 Å². The third kappa shape index (κ3) is 6.31. The van der Waals surface area contributed by atoms with Crippen molar-refractivity contribution in [2.24, 2.45) is 5.73 Å². The zero-order valence-electron chi connectivity index (χ0n) is 20.4. The molecular formula is C26H29ClF3N5O2. The van der Waals surface area contributed by atoms with Crippen LogP contribution in [0.4, 0.5) is 13.2 Å². The monoisotopic (exact) mass is 535 g/mol. The van der Waals surface area contributed by atoms with E-state index in [-0.39, 0.29) is 23.0 Å². The van der Waals surface area contributed by atoms with E-state index in [9.17, 15) is 18.0 Å². The van der Waals surface area contributed by atoms with E-state index in [1.807, 2.05) is 12.1 Å². The molecule has 2 aromatic rings. The number of alkyl halides is 3. The van der Waals surface area contributed by atoms with Crippen LogP contribution in [0.15, 0.2) is 60.1 Å². The lowest BCUT2D eigenvalue weighted by molar-refractivity contribution is -0.138. The van der Waals surface area contributed by atoms with Gasteiger partial charge in [-0.1, -0.05) is 23.7 Å². The van der Waals surface area contributed by atoms with Crippen LogP contribution < -0.4 is 16.4 Å². The molecule has 1 saturated heterocycles. The maximum Gasteiger partial charge on any atom is 0.416 e. The van der Waals surface area contributed by atoms with Gasteiger partial charge < -0.3 is 30.9 Å². The number of amides is 1. The highest BCUT2D eigenvalue weighted by Gasteiger charge is 2.34.